The summed E-state index contributed by atoms with van der Waals surface area (Å²) in [6, 6.07) is 1.67. The Morgan fingerprint density at radius 3 is 2.79 bits per heavy atom. The average Bonchev–Trinajstić information content (AvgIpc) is 2.88. The van der Waals surface area contributed by atoms with E-state index in [0.717, 1.165) is 5.39 Å². The molecule has 0 aliphatic rings. The molecule has 6 nitrogen and oxygen atoms in total. The number of fused-ring (bicyclic) bond motifs is 1. The Hall–Kier alpha value is -1.67. The van der Waals surface area contributed by atoms with Crippen LogP contribution in [0.1, 0.15) is 9.67 Å². The van der Waals surface area contributed by atoms with Crippen molar-refractivity contribution in [1.82, 2.24) is 9.97 Å². The van der Waals surface area contributed by atoms with Crippen molar-refractivity contribution < 1.29 is 19.1 Å². The fraction of sp³-hybridized carbons (Fsp3) is 0.273. The van der Waals surface area contributed by atoms with Crippen LogP contribution in [-0.4, -0.2) is 41.9 Å². The molecule has 19 heavy (non-hydrogen) atoms. The molecule has 0 radical (unpaired) electrons. The summed E-state index contributed by atoms with van der Waals surface area (Å²) in [5, 5.41) is 1.38. The molecule has 0 spiro atoms. The normalized spacial score (nSPS) is 10.4. The molecule has 0 bridgehead atoms. The minimum Gasteiger partial charge on any atom is -0.468 e. The number of rotatable bonds is 4. The first-order chi connectivity index (χ1) is 9.15. The van der Waals surface area contributed by atoms with E-state index in [0.29, 0.717) is 14.7 Å². The van der Waals surface area contributed by atoms with Crippen LogP contribution < -0.4 is 0 Å². The molecule has 0 aromatic carbocycles. The third kappa shape index (κ3) is 3.02. The molecule has 2 aromatic rings. The van der Waals surface area contributed by atoms with Crippen LogP contribution in [0.25, 0.3) is 10.2 Å². The Bertz CT molecular complexity index is 626. The predicted molar refractivity (Wildman–Crippen MR) is 71.5 cm³/mol. The van der Waals surface area contributed by atoms with Crippen LogP contribution in [0.5, 0.6) is 0 Å². The molecular formula is C11H10N2O4S2. The first-order valence-corrected chi connectivity index (χ1v) is 6.98. The molecular weight excluding hydrogens is 288 g/mol. The zero-order valence-corrected chi connectivity index (χ0v) is 11.8. The number of thiophene rings is 1. The number of methoxy groups -OCH3 is 2. The second-order valence-electron chi connectivity index (χ2n) is 3.36. The van der Waals surface area contributed by atoms with Crippen molar-refractivity contribution in [3.05, 3.63) is 17.3 Å². The lowest BCUT2D eigenvalue weighted by Crippen LogP contribution is -2.03. The van der Waals surface area contributed by atoms with Gasteiger partial charge in [-0.2, -0.15) is 0 Å². The number of carbonyl (C=O) groups is 2. The first-order valence-electron chi connectivity index (χ1n) is 5.18. The molecule has 0 amide bonds. The SMILES string of the molecule is COC(=O)CSc1ncnc2sc(C(=O)OC)cc12. The molecule has 0 aliphatic heterocycles. The highest BCUT2D eigenvalue weighted by molar-refractivity contribution is 8.00. The van der Waals surface area contributed by atoms with Gasteiger partial charge in [0, 0.05) is 5.39 Å². The zero-order valence-electron chi connectivity index (χ0n) is 10.2. The standard InChI is InChI=1S/C11H10N2O4S2/c1-16-8(14)4-18-9-6-3-7(11(15)17-2)19-10(6)13-5-12-9/h3,5H,4H2,1-2H3. The Labute approximate surface area is 117 Å². The van der Waals surface area contributed by atoms with Crippen LogP contribution in [0.2, 0.25) is 0 Å². The second kappa shape index (κ2) is 5.98. The van der Waals surface area contributed by atoms with Crippen LogP contribution in [-0.2, 0) is 14.3 Å². The van der Waals surface area contributed by atoms with Gasteiger partial charge >= 0.3 is 11.9 Å². The molecule has 2 rings (SSSR count). The van der Waals surface area contributed by atoms with Crippen LogP contribution in [0, 0.1) is 0 Å². The molecule has 0 N–H and O–H groups in total. The average molecular weight is 298 g/mol. The zero-order chi connectivity index (χ0) is 13.8. The lowest BCUT2D eigenvalue weighted by atomic mass is 10.4. The molecule has 2 aromatic heterocycles. The number of thioether (sulfide) groups is 1. The molecule has 0 saturated carbocycles. The smallest absolute Gasteiger partial charge is 0.348 e. The number of nitrogens with zero attached hydrogens (tertiary/aromatic N) is 2. The van der Waals surface area contributed by atoms with E-state index in [1.807, 2.05) is 0 Å². The molecule has 2 heterocycles. The van der Waals surface area contributed by atoms with Gasteiger partial charge in [-0.1, -0.05) is 11.8 Å². The van der Waals surface area contributed by atoms with Crippen molar-refractivity contribution in [2.45, 2.75) is 5.03 Å². The van der Waals surface area contributed by atoms with Gasteiger partial charge in [0.25, 0.3) is 0 Å². The predicted octanol–water partition coefficient (Wildman–Crippen LogP) is 1.74. The maximum atomic E-state index is 11.5. The summed E-state index contributed by atoms with van der Waals surface area (Å²) in [6.07, 6.45) is 1.40. The number of ether oxygens (including phenoxy) is 2. The van der Waals surface area contributed by atoms with Gasteiger partial charge in [-0.15, -0.1) is 11.3 Å². The summed E-state index contributed by atoms with van der Waals surface area (Å²) in [7, 11) is 2.66. The van der Waals surface area contributed by atoms with Crippen molar-refractivity contribution in [3.8, 4) is 0 Å². The van der Waals surface area contributed by atoms with Gasteiger partial charge < -0.3 is 9.47 Å². The number of hydrogen-bond acceptors (Lipinski definition) is 8. The van der Waals surface area contributed by atoms with Gasteiger partial charge in [0.05, 0.1) is 20.0 Å². The molecule has 0 atom stereocenters. The quantitative estimate of drug-likeness (QED) is 0.483. The number of hydrogen-bond donors (Lipinski definition) is 0. The maximum Gasteiger partial charge on any atom is 0.348 e. The lowest BCUT2D eigenvalue weighted by Gasteiger charge is -2.00. The van der Waals surface area contributed by atoms with Crippen molar-refractivity contribution in [2.75, 3.05) is 20.0 Å². The monoisotopic (exact) mass is 298 g/mol. The van der Waals surface area contributed by atoms with Crippen molar-refractivity contribution in [2.24, 2.45) is 0 Å². The fourth-order valence-electron chi connectivity index (χ4n) is 1.34. The minimum atomic E-state index is -0.410. The number of esters is 2. The summed E-state index contributed by atoms with van der Waals surface area (Å²) in [5.74, 6) is -0.585. The van der Waals surface area contributed by atoms with Crippen LogP contribution in [0.3, 0.4) is 0 Å². The van der Waals surface area contributed by atoms with Crippen LogP contribution in [0.15, 0.2) is 17.4 Å². The third-order valence-corrected chi connectivity index (χ3v) is 4.24. The molecule has 8 heteroatoms. The van der Waals surface area contributed by atoms with E-state index in [9.17, 15) is 9.59 Å². The Morgan fingerprint density at radius 1 is 1.32 bits per heavy atom. The summed E-state index contributed by atoms with van der Waals surface area (Å²) in [4.78, 5) is 31.9. The molecule has 0 fully saturated rings. The van der Waals surface area contributed by atoms with E-state index in [1.54, 1.807) is 6.07 Å². The van der Waals surface area contributed by atoms with E-state index in [-0.39, 0.29) is 11.7 Å². The molecule has 100 valence electrons. The summed E-state index contributed by atoms with van der Waals surface area (Å²) in [6.45, 7) is 0. The lowest BCUT2D eigenvalue weighted by molar-refractivity contribution is -0.137. The number of aromatic nitrogens is 2. The Morgan fingerprint density at radius 2 is 2.11 bits per heavy atom. The topological polar surface area (TPSA) is 78.4 Å². The molecule has 0 saturated heterocycles. The van der Waals surface area contributed by atoms with E-state index in [4.69, 9.17) is 0 Å². The Kier molecular flexibility index (Phi) is 4.33. The van der Waals surface area contributed by atoms with Crippen molar-refractivity contribution in [3.63, 3.8) is 0 Å². The van der Waals surface area contributed by atoms with Gasteiger partial charge in [0.2, 0.25) is 0 Å². The molecule has 0 unspecified atom stereocenters. The highest BCUT2D eigenvalue weighted by Crippen LogP contribution is 2.30. The molecule has 0 aliphatic carbocycles. The van der Waals surface area contributed by atoms with E-state index in [1.165, 1.54) is 43.6 Å². The summed E-state index contributed by atoms with van der Waals surface area (Å²) < 4.78 is 9.23. The van der Waals surface area contributed by atoms with Gasteiger partial charge in [-0.05, 0) is 6.07 Å². The minimum absolute atomic E-state index is 0.159. The number of carbonyl (C=O) groups excluding carboxylic acids is 2. The van der Waals surface area contributed by atoms with Crippen molar-refractivity contribution >= 4 is 45.3 Å². The second-order valence-corrected chi connectivity index (χ2v) is 5.36. The Balaban J connectivity index is 2.31. The highest BCUT2D eigenvalue weighted by Gasteiger charge is 2.15. The summed E-state index contributed by atoms with van der Waals surface area (Å²) >= 11 is 2.47. The van der Waals surface area contributed by atoms with Gasteiger partial charge in [0.1, 0.15) is 21.1 Å². The van der Waals surface area contributed by atoms with E-state index in [2.05, 4.69) is 19.4 Å². The van der Waals surface area contributed by atoms with Crippen molar-refractivity contribution in [1.29, 1.82) is 0 Å². The van der Waals surface area contributed by atoms with E-state index < -0.39 is 5.97 Å². The summed E-state index contributed by atoms with van der Waals surface area (Å²) in [5.41, 5.74) is 0. The largest absolute Gasteiger partial charge is 0.468 e. The fourth-order valence-corrected chi connectivity index (χ4v) is 3.12. The van der Waals surface area contributed by atoms with Gasteiger partial charge in [-0.25, -0.2) is 14.8 Å². The van der Waals surface area contributed by atoms with Crippen LogP contribution in [0.4, 0.5) is 0 Å². The third-order valence-electron chi connectivity index (χ3n) is 2.23. The van der Waals surface area contributed by atoms with Crippen LogP contribution >= 0.6 is 23.1 Å². The highest BCUT2D eigenvalue weighted by atomic mass is 32.2. The van der Waals surface area contributed by atoms with Gasteiger partial charge in [0.15, 0.2) is 0 Å². The first kappa shape index (κ1) is 13.8. The van der Waals surface area contributed by atoms with E-state index >= 15 is 0 Å². The maximum absolute atomic E-state index is 11.5. The van der Waals surface area contributed by atoms with Gasteiger partial charge in [-0.3, -0.25) is 4.79 Å².